The van der Waals surface area contributed by atoms with Gasteiger partial charge in [-0.15, -0.1) is 0 Å². The predicted octanol–water partition coefficient (Wildman–Crippen LogP) is 7.03. The number of anilines is 2. The number of fused-ring (bicyclic) bond motifs is 2. The lowest BCUT2D eigenvalue weighted by atomic mass is 9.68. The Bertz CT molecular complexity index is 846. The third-order valence-electron chi connectivity index (χ3n) is 7.53. The van der Waals surface area contributed by atoms with Crippen LogP contribution in [0.5, 0.6) is 0 Å². The lowest BCUT2D eigenvalue weighted by Gasteiger charge is -2.44. The van der Waals surface area contributed by atoms with Gasteiger partial charge < -0.3 is 9.80 Å². The largest absolute Gasteiger partial charge is 0.339 e. The van der Waals surface area contributed by atoms with Crippen molar-refractivity contribution in [3.8, 4) is 0 Å². The van der Waals surface area contributed by atoms with Crippen molar-refractivity contribution in [2.75, 3.05) is 31.1 Å². The number of rotatable bonds is 4. The quantitative estimate of drug-likeness (QED) is 0.538. The number of aryl methyl sites for hydroxylation is 1. The average molecular weight is 407 g/mol. The Balaban J connectivity index is 1.24. The van der Waals surface area contributed by atoms with E-state index >= 15 is 0 Å². The van der Waals surface area contributed by atoms with E-state index in [4.69, 9.17) is 0 Å². The summed E-state index contributed by atoms with van der Waals surface area (Å²) in [5, 5.41) is 0. The van der Waals surface area contributed by atoms with Crippen molar-refractivity contribution in [1.82, 2.24) is 4.90 Å². The zero-order chi connectivity index (χ0) is 19.7. The van der Waals surface area contributed by atoms with Gasteiger partial charge in [-0.05, 0) is 87.8 Å². The zero-order valence-electron chi connectivity index (χ0n) is 17.8. The molecule has 0 bridgehead atoms. The van der Waals surface area contributed by atoms with Crippen molar-refractivity contribution in [2.45, 2.75) is 68.1 Å². The average Bonchev–Trinajstić information content (AvgIpc) is 2.75. The van der Waals surface area contributed by atoms with Gasteiger partial charge in [0.25, 0.3) is 0 Å². The van der Waals surface area contributed by atoms with Gasteiger partial charge in [0.05, 0.1) is 11.4 Å². The van der Waals surface area contributed by atoms with E-state index in [0.29, 0.717) is 5.41 Å². The maximum atomic E-state index is 2.74. The zero-order valence-corrected chi connectivity index (χ0v) is 18.6. The highest BCUT2D eigenvalue weighted by Crippen LogP contribution is 2.49. The van der Waals surface area contributed by atoms with Crippen LogP contribution in [0, 0.1) is 12.3 Å². The number of benzene rings is 2. The molecule has 5 rings (SSSR count). The highest BCUT2D eigenvalue weighted by atomic mass is 32.2. The Morgan fingerprint density at radius 2 is 1.59 bits per heavy atom. The number of hydrogen-bond donors (Lipinski definition) is 0. The van der Waals surface area contributed by atoms with Crippen LogP contribution < -0.4 is 4.90 Å². The molecule has 1 spiro atoms. The van der Waals surface area contributed by atoms with Gasteiger partial charge in [0.1, 0.15) is 0 Å². The summed E-state index contributed by atoms with van der Waals surface area (Å²) < 4.78 is 0. The second-order valence-electron chi connectivity index (χ2n) is 9.40. The molecule has 154 valence electrons. The minimum Gasteiger partial charge on any atom is -0.339 e. The second-order valence-corrected chi connectivity index (χ2v) is 10.5. The summed E-state index contributed by atoms with van der Waals surface area (Å²) in [6, 6.07) is 15.7. The molecule has 1 aliphatic carbocycles. The van der Waals surface area contributed by atoms with Gasteiger partial charge in [0.15, 0.2) is 0 Å². The van der Waals surface area contributed by atoms with Crippen LogP contribution in [-0.4, -0.2) is 31.1 Å². The molecule has 3 heteroatoms. The molecule has 2 fully saturated rings. The lowest BCUT2D eigenvalue weighted by molar-refractivity contribution is 0.0676. The van der Waals surface area contributed by atoms with Crippen LogP contribution in [0.25, 0.3) is 0 Å². The molecule has 2 aromatic carbocycles. The summed E-state index contributed by atoms with van der Waals surface area (Å²) in [5.41, 5.74) is 4.92. The Morgan fingerprint density at radius 3 is 2.41 bits per heavy atom. The fraction of sp³-hybridized carbons (Fsp3) is 0.538. The predicted molar refractivity (Wildman–Crippen MR) is 125 cm³/mol. The first-order chi connectivity index (χ1) is 14.2. The van der Waals surface area contributed by atoms with E-state index in [1.165, 1.54) is 97.7 Å². The van der Waals surface area contributed by atoms with E-state index in [-0.39, 0.29) is 0 Å². The number of piperidine rings is 1. The molecule has 2 aliphatic heterocycles. The topological polar surface area (TPSA) is 6.48 Å². The maximum absolute atomic E-state index is 2.74. The molecule has 0 amide bonds. The Hall–Kier alpha value is -1.45. The van der Waals surface area contributed by atoms with Crippen LogP contribution in [0.4, 0.5) is 11.4 Å². The molecule has 1 saturated heterocycles. The first kappa shape index (κ1) is 19.5. The van der Waals surface area contributed by atoms with E-state index < -0.39 is 0 Å². The van der Waals surface area contributed by atoms with E-state index in [2.05, 4.69) is 59.2 Å². The number of para-hydroxylation sites is 2. The minimum atomic E-state index is 0.716. The Morgan fingerprint density at radius 1 is 0.828 bits per heavy atom. The van der Waals surface area contributed by atoms with Crippen molar-refractivity contribution in [1.29, 1.82) is 0 Å². The summed E-state index contributed by atoms with van der Waals surface area (Å²) in [4.78, 5) is 8.12. The molecule has 0 aromatic heterocycles. The van der Waals surface area contributed by atoms with Gasteiger partial charge in [-0.1, -0.05) is 55.3 Å². The van der Waals surface area contributed by atoms with E-state index in [0.717, 1.165) is 6.54 Å². The fourth-order valence-electron chi connectivity index (χ4n) is 5.80. The monoisotopic (exact) mass is 406 g/mol. The van der Waals surface area contributed by atoms with Gasteiger partial charge in [-0.25, -0.2) is 0 Å². The van der Waals surface area contributed by atoms with Crippen LogP contribution >= 0.6 is 11.8 Å². The molecule has 1 saturated carbocycles. The van der Waals surface area contributed by atoms with Gasteiger partial charge >= 0.3 is 0 Å². The molecular formula is C26H34N2S. The molecular weight excluding hydrogens is 372 g/mol. The highest BCUT2D eigenvalue weighted by Gasteiger charge is 2.35. The van der Waals surface area contributed by atoms with Gasteiger partial charge in [0.2, 0.25) is 0 Å². The van der Waals surface area contributed by atoms with E-state index in [1.807, 2.05) is 11.8 Å². The first-order valence-electron chi connectivity index (χ1n) is 11.6. The molecule has 2 heterocycles. The normalized spacial score (nSPS) is 21.1. The van der Waals surface area contributed by atoms with Crippen LogP contribution in [-0.2, 0) is 0 Å². The standard InChI is InChI=1S/C26H34N2S/c1-21-9-7-12-24-25(21)28(22-10-3-4-11-23(22)29-24)18-8-17-27-19-15-26(16-20-27)13-5-2-6-14-26/h3-4,7,9-12H,2,5-6,8,13-20H2,1H3. The summed E-state index contributed by atoms with van der Waals surface area (Å²) in [6.45, 7) is 7.25. The molecule has 2 aromatic rings. The Kier molecular flexibility index (Phi) is 5.62. The van der Waals surface area contributed by atoms with E-state index in [1.54, 1.807) is 0 Å². The SMILES string of the molecule is Cc1cccc2c1N(CCCN1CCC3(CCCCC3)CC1)c1ccccc1S2. The smallest absolute Gasteiger partial charge is 0.0582 e. The second kappa shape index (κ2) is 8.35. The number of nitrogens with zero attached hydrogens (tertiary/aromatic N) is 2. The number of hydrogen-bond acceptors (Lipinski definition) is 3. The third-order valence-corrected chi connectivity index (χ3v) is 8.65. The molecule has 29 heavy (non-hydrogen) atoms. The molecule has 2 nitrogen and oxygen atoms in total. The summed E-state index contributed by atoms with van der Waals surface area (Å²) >= 11 is 1.92. The fourth-order valence-corrected chi connectivity index (χ4v) is 6.98. The minimum absolute atomic E-state index is 0.716. The summed E-state index contributed by atoms with van der Waals surface area (Å²) in [6.07, 6.45) is 11.5. The van der Waals surface area contributed by atoms with Crippen LogP contribution in [0.15, 0.2) is 52.3 Å². The van der Waals surface area contributed by atoms with Crippen LogP contribution in [0.3, 0.4) is 0 Å². The summed E-state index contributed by atoms with van der Waals surface area (Å²) in [7, 11) is 0. The Labute approximate surface area is 180 Å². The maximum Gasteiger partial charge on any atom is 0.0582 e. The van der Waals surface area contributed by atoms with Gasteiger partial charge in [-0.2, -0.15) is 0 Å². The lowest BCUT2D eigenvalue weighted by Crippen LogP contribution is -2.42. The molecule has 0 atom stereocenters. The highest BCUT2D eigenvalue weighted by molar-refractivity contribution is 7.99. The number of likely N-dealkylation sites (tertiary alicyclic amines) is 1. The summed E-state index contributed by atoms with van der Waals surface area (Å²) in [5.74, 6) is 0. The van der Waals surface area contributed by atoms with E-state index in [9.17, 15) is 0 Å². The molecule has 0 unspecified atom stereocenters. The first-order valence-corrected chi connectivity index (χ1v) is 12.4. The van der Waals surface area contributed by atoms with Gasteiger partial charge in [0, 0.05) is 16.3 Å². The van der Waals surface area contributed by atoms with Crippen molar-refractivity contribution in [3.05, 3.63) is 48.0 Å². The van der Waals surface area contributed by atoms with Crippen molar-refractivity contribution >= 4 is 23.1 Å². The third kappa shape index (κ3) is 3.96. The van der Waals surface area contributed by atoms with Gasteiger partial charge in [-0.3, -0.25) is 0 Å². The molecule has 3 aliphatic rings. The van der Waals surface area contributed by atoms with Crippen molar-refractivity contribution in [3.63, 3.8) is 0 Å². The van der Waals surface area contributed by atoms with Crippen LogP contribution in [0.2, 0.25) is 0 Å². The molecule has 0 N–H and O–H groups in total. The van der Waals surface area contributed by atoms with Crippen molar-refractivity contribution in [2.24, 2.45) is 5.41 Å². The van der Waals surface area contributed by atoms with Crippen LogP contribution in [0.1, 0.15) is 56.9 Å². The van der Waals surface area contributed by atoms with Crippen molar-refractivity contribution < 1.29 is 0 Å². The molecule has 0 radical (unpaired) electrons.